The summed E-state index contributed by atoms with van der Waals surface area (Å²) in [5.74, 6) is -1.92. The number of alkyl halides is 3. The fraction of sp³-hybridized carbons (Fsp3) is 0.158. The number of carbonyl (C=O) groups excluding carboxylic acids is 1. The molecule has 0 radical (unpaired) electrons. The summed E-state index contributed by atoms with van der Waals surface area (Å²) in [6.45, 7) is 0. The van der Waals surface area contributed by atoms with Crippen LogP contribution in [0.25, 0.3) is 11.3 Å². The fourth-order valence-electron chi connectivity index (χ4n) is 3.23. The zero-order valence-corrected chi connectivity index (χ0v) is 17.5. The van der Waals surface area contributed by atoms with Gasteiger partial charge in [-0.05, 0) is 29.3 Å². The molecular weight excluding hydrogens is 457 g/mol. The number of aryl methyl sites for hydroxylation is 1. The molecule has 1 heterocycles. The Bertz CT molecular complexity index is 1270. The lowest BCUT2D eigenvalue weighted by Gasteiger charge is -2.18. The normalized spacial score (nSPS) is 13.2. The first-order valence-corrected chi connectivity index (χ1v) is 10.5. The maximum absolute atomic E-state index is 13.0. The van der Waals surface area contributed by atoms with Crippen molar-refractivity contribution in [1.29, 1.82) is 0 Å². The number of rotatable bonds is 5. The van der Waals surface area contributed by atoms with Gasteiger partial charge in [-0.1, -0.05) is 41.9 Å². The van der Waals surface area contributed by atoms with Crippen LogP contribution in [-0.4, -0.2) is 24.1 Å². The van der Waals surface area contributed by atoms with Gasteiger partial charge in [-0.3, -0.25) is 9.48 Å². The minimum Gasteiger partial charge on any atom is -0.369 e. The van der Waals surface area contributed by atoms with Crippen molar-refractivity contribution in [1.82, 2.24) is 9.78 Å². The van der Waals surface area contributed by atoms with Gasteiger partial charge in [-0.25, -0.2) is 13.6 Å². The van der Waals surface area contributed by atoms with Crippen molar-refractivity contribution in [3.8, 4) is 11.3 Å². The lowest BCUT2D eigenvalue weighted by atomic mass is 9.90. The molecular formula is C19H16ClF3N4O3S. The first-order valence-electron chi connectivity index (χ1n) is 8.63. The summed E-state index contributed by atoms with van der Waals surface area (Å²) < 4.78 is 64.5. The Hall–Kier alpha value is -2.89. The molecule has 0 bridgehead atoms. The molecule has 4 N–H and O–H groups in total. The van der Waals surface area contributed by atoms with Crippen molar-refractivity contribution in [2.75, 3.05) is 0 Å². The number of carbonyl (C=O) groups is 1. The van der Waals surface area contributed by atoms with Crippen LogP contribution in [0.3, 0.4) is 0 Å². The second-order valence-electron chi connectivity index (χ2n) is 6.69. The van der Waals surface area contributed by atoms with E-state index in [0.717, 1.165) is 10.7 Å². The van der Waals surface area contributed by atoms with Gasteiger partial charge in [0.05, 0.1) is 16.5 Å². The van der Waals surface area contributed by atoms with E-state index in [1.54, 1.807) is 18.2 Å². The molecule has 0 spiro atoms. The highest BCUT2D eigenvalue weighted by atomic mass is 35.5. The zero-order valence-electron chi connectivity index (χ0n) is 15.9. The highest BCUT2D eigenvalue weighted by Crippen LogP contribution is 2.36. The standard InChI is InChI=1S/C19H16ClF3N4O3S/c1-27-14(9-16(26-27)19(21,22)23)12-7-6-10(8-15(12)31(25,29)30)17(18(24)28)11-4-2-3-5-13(11)20/h2-9,17H,1H3,(H2,24,28)(H2,25,29,30). The predicted octanol–water partition coefficient (Wildman–Crippen LogP) is 3.02. The highest BCUT2D eigenvalue weighted by molar-refractivity contribution is 7.89. The van der Waals surface area contributed by atoms with E-state index in [1.807, 2.05) is 0 Å². The molecule has 0 aliphatic heterocycles. The molecule has 7 nitrogen and oxygen atoms in total. The quantitative estimate of drug-likeness (QED) is 0.592. The van der Waals surface area contributed by atoms with Gasteiger partial charge >= 0.3 is 6.18 Å². The highest BCUT2D eigenvalue weighted by Gasteiger charge is 2.35. The van der Waals surface area contributed by atoms with E-state index in [1.165, 1.54) is 25.2 Å². The maximum Gasteiger partial charge on any atom is 0.435 e. The van der Waals surface area contributed by atoms with Crippen molar-refractivity contribution in [2.45, 2.75) is 17.0 Å². The van der Waals surface area contributed by atoms with Crippen molar-refractivity contribution in [2.24, 2.45) is 17.9 Å². The van der Waals surface area contributed by atoms with E-state index in [0.29, 0.717) is 11.6 Å². The van der Waals surface area contributed by atoms with E-state index >= 15 is 0 Å². The number of hydrogen-bond donors (Lipinski definition) is 2. The minimum absolute atomic E-state index is 0.112. The van der Waals surface area contributed by atoms with Crippen molar-refractivity contribution < 1.29 is 26.4 Å². The zero-order chi connectivity index (χ0) is 23.1. The van der Waals surface area contributed by atoms with Gasteiger partial charge < -0.3 is 5.73 Å². The first kappa shape index (κ1) is 22.8. The molecule has 0 fully saturated rings. The molecule has 0 saturated carbocycles. The maximum atomic E-state index is 13.0. The predicted molar refractivity (Wildman–Crippen MR) is 108 cm³/mol. The lowest BCUT2D eigenvalue weighted by Crippen LogP contribution is -2.23. The summed E-state index contributed by atoms with van der Waals surface area (Å²) in [5.41, 5.74) is 4.60. The Morgan fingerprint density at radius 2 is 1.81 bits per heavy atom. The van der Waals surface area contributed by atoms with Gasteiger partial charge in [0, 0.05) is 17.6 Å². The number of aromatic nitrogens is 2. The van der Waals surface area contributed by atoms with Crippen LogP contribution < -0.4 is 10.9 Å². The molecule has 0 aliphatic carbocycles. The van der Waals surface area contributed by atoms with Crippen LogP contribution in [-0.2, 0) is 28.0 Å². The van der Waals surface area contributed by atoms with Crippen LogP contribution in [0, 0.1) is 0 Å². The van der Waals surface area contributed by atoms with Gasteiger partial charge in [0.25, 0.3) is 0 Å². The van der Waals surface area contributed by atoms with E-state index < -0.39 is 38.6 Å². The van der Waals surface area contributed by atoms with Gasteiger partial charge in [-0.2, -0.15) is 18.3 Å². The number of sulfonamides is 1. The third kappa shape index (κ3) is 4.58. The number of nitrogens with zero attached hydrogens (tertiary/aromatic N) is 2. The molecule has 1 aromatic heterocycles. The summed E-state index contributed by atoms with van der Waals surface area (Å²) in [6.07, 6.45) is -4.72. The van der Waals surface area contributed by atoms with Crippen LogP contribution >= 0.6 is 11.6 Å². The van der Waals surface area contributed by atoms with Crippen molar-refractivity contribution >= 4 is 27.5 Å². The number of hydrogen-bond acceptors (Lipinski definition) is 4. The van der Waals surface area contributed by atoms with Gasteiger partial charge in [-0.15, -0.1) is 0 Å². The molecule has 1 unspecified atom stereocenters. The van der Waals surface area contributed by atoms with Crippen LogP contribution in [0.4, 0.5) is 13.2 Å². The Kier molecular flexibility index (Phi) is 5.87. The summed E-state index contributed by atoms with van der Waals surface area (Å²) in [4.78, 5) is 11.7. The van der Waals surface area contributed by atoms with Gasteiger partial charge in [0.15, 0.2) is 5.69 Å². The number of benzene rings is 2. The second kappa shape index (κ2) is 7.98. The number of primary amides is 1. The number of primary sulfonamides is 1. The SMILES string of the molecule is Cn1nc(C(F)(F)F)cc1-c1ccc(C(C(N)=O)c2ccccc2Cl)cc1S(N)(=O)=O. The average Bonchev–Trinajstić information content (AvgIpc) is 3.04. The monoisotopic (exact) mass is 472 g/mol. The molecule has 12 heteroatoms. The lowest BCUT2D eigenvalue weighted by molar-refractivity contribution is -0.141. The van der Waals surface area contributed by atoms with Crippen LogP contribution in [0.2, 0.25) is 5.02 Å². The molecule has 31 heavy (non-hydrogen) atoms. The van der Waals surface area contributed by atoms with Gasteiger partial charge in [0.2, 0.25) is 15.9 Å². The Morgan fingerprint density at radius 3 is 2.32 bits per heavy atom. The topological polar surface area (TPSA) is 121 Å². The summed E-state index contributed by atoms with van der Waals surface area (Å²) >= 11 is 6.17. The summed E-state index contributed by atoms with van der Waals surface area (Å²) in [7, 11) is -3.17. The van der Waals surface area contributed by atoms with Crippen LogP contribution in [0.15, 0.2) is 53.4 Å². The van der Waals surface area contributed by atoms with E-state index in [-0.39, 0.29) is 21.8 Å². The summed E-state index contributed by atoms with van der Waals surface area (Å²) in [6, 6.07) is 10.8. The van der Waals surface area contributed by atoms with Crippen LogP contribution in [0.5, 0.6) is 0 Å². The molecule has 2 aromatic carbocycles. The largest absolute Gasteiger partial charge is 0.435 e. The molecule has 1 amide bonds. The minimum atomic E-state index is -4.72. The molecule has 1 atom stereocenters. The second-order valence-corrected chi connectivity index (χ2v) is 8.63. The molecule has 3 aromatic rings. The Labute approximate surface area is 180 Å². The molecule has 0 aliphatic rings. The van der Waals surface area contributed by atoms with Crippen molar-refractivity contribution in [3.63, 3.8) is 0 Å². The Balaban J connectivity index is 2.24. The summed E-state index contributed by atoms with van der Waals surface area (Å²) in [5, 5.41) is 8.95. The number of halogens is 4. The number of nitrogens with two attached hydrogens (primary N) is 2. The third-order valence-corrected chi connectivity index (χ3v) is 5.89. The first-order chi connectivity index (χ1) is 14.3. The van der Waals surface area contributed by atoms with E-state index in [4.69, 9.17) is 22.5 Å². The van der Waals surface area contributed by atoms with E-state index in [9.17, 15) is 26.4 Å². The fourth-order valence-corrected chi connectivity index (χ4v) is 4.25. The number of amides is 1. The van der Waals surface area contributed by atoms with E-state index in [2.05, 4.69) is 5.10 Å². The Morgan fingerprint density at radius 1 is 1.16 bits per heavy atom. The molecule has 164 valence electrons. The van der Waals surface area contributed by atoms with Crippen LogP contribution in [0.1, 0.15) is 22.7 Å². The smallest absolute Gasteiger partial charge is 0.369 e. The van der Waals surface area contributed by atoms with Crippen molar-refractivity contribution in [3.05, 3.63) is 70.4 Å². The van der Waals surface area contributed by atoms with Gasteiger partial charge in [0.1, 0.15) is 0 Å². The molecule has 0 saturated heterocycles. The third-order valence-electron chi connectivity index (χ3n) is 4.59. The average molecular weight is 473 g/mol. The molecule has 3 rings (SSSR count).